The second-order valence-corrected chi connectivity index (χ2v) is 18.9. The van der Waals surface area contributed by atoms with E-state index < -0.39 is 68.0 Å². The SMILES string of the molecule is CC(C)OC(=O)Cl.CC[C@@H]1C[C@]1(CC(=O)[C@@H]1C[C@@H](Oc2nccc3cc(OC)ccc23)CN1C(=O)[C@@H](CC(=O)OC(C)C)C(C)(C)C)C(=O)NS(=O)(=O)OC1(C)CC1. The summed E-state index contributed by atoms with van der Waals surface area (Å²) in [5, 5.41) is 1.55. The van der Waals surface area contributed by atoms with Crippen molar-refractivity contribution in [1.29, 1.82) is 0 Å². The molecule has 1 N–H and O–H groups in total. The van der Waals surface area contributed by atoms with Crippen molar-refractivity contribution in [3.63, 3.8) is 0 Å². The molecule has 1 aromatic carbocycles. The molecule has 3 fully saturated rings. The number of Topliss-reactive ketones (excluding diaryl/α,β-unsaturated/α-hetero) is 1. The fraction of sp³-hybridized carbons (Fsp3) is 0.659. The number of benzene rings is 1. The quantitative estimate of drug-likeness (QED) is 0.139. The van der Waals surface area contributed by atoms with Crippen molar-refractivity contribution < 1.29 is 55.5 Å². The third-order valence-electron chi connectivity index (χ3n) is 10.7. The maximum absolute atomic E-state index is 14.5. The Morgan fingerprint density at radius 1 is 1.03 bits per heavy atom. The van der Waals surface area contributed by atoms with E-state index in [1.54, 1.807) is 54.0 Å². The number of amides is 2. The zero-order chi connectivity index (χ0) is 43.4. The Morgan fingerprint density at radius 2 is 1.69 bits per heavy atom. The largest absolute Gasteiger partial charge is 0.497 e. The molecule has 17 heteroatoms. The predicted molar refractivity (Wildman–Crippen MR) is 215 cm³/mol. The first kappa shape index (κ1) is 46.7. The Labute approximate surface area is 346 Å². The molecule has 2 amide bonds. The zero-order valence-electron chi connectivity index (χ0n) is 35.1. The van der Waals surface area contributed by atoms with Crippen molar-refractivity contribution >= 4 is 61.7 Å². The van der Waals surface area contributed by atoms with E-state index in [1.807, 2.05) is 45.9 Å². The van der Waals surface area contributed by atoms with Gasteiger partial charge in [0.25, 0.3) is 0 Å². The lowest BCUT2D eigenvalue weighted by Gasteiger charge is -2.35. The molecule has 1 saturated heterocycles. The number of rotatable bonds is 16. The molecule has 3 aliphatic rings. The third-order valence-corrected chi connectivity index (χ3v) is 11.8. The van der Waals surface area contributed by atoms with Crippen LogP contribution >= 0.6 is 11.6 Å². The summed E-state index contributed by atoms with van der Waals surface area (Å²) in [6.07, 6.45) is 2.14. The van der Waals surface area contributed by atoms with Crippen molar-refractivity contribution in [2.75, 3.05) is 13.7 Å². The number of likely N-dealkylation sites (tertiary alicyclic amines) is 1. The molecule has 5 atom stereocenters. The van der Waals surface area contributed by atoms with Crippen molar-refractivity contribution in [2.45, 2.75) is 137 Å². The van der Waals surface area contributed by atoms with Crippen LogP contribution in [-0.4, -0.2) is 90.9 Å². The highest BCUT2D eigenvalue weighted by molar-refractivity contribution is 7.85. The average molecular weight is 852 g/mol. The molecule has 2 aliphatic carbocycles. The van der Waals surface area contributed by atoms with E-state index in [9.17, 15) is 32.4 Å². The van der Waals surface area contributed by atoms with E-state index in [0.717, 1.165) is 10.8 Å². The van der Waals surface area contributed by atoms with Crippen LogP contribution in [0.3, 0.4) is 0 Å². The number of fused-ring (bicyclic) bond motifs is 1. The number of ketones is 1. The van der Waals surface area contributed by atoms with Gasteiger partial charge < -0.3 is 23.8 Å². The first-order valence-electron chi connectivity index (χ1n) is 19.7. The number of pyridine rings is 1. The topological polar surface area (TPSA) is 194 Å². The molecule has 15 nitrogen and oxygen atoms in total. The Hall–Kier alpha value is -4.02. The monoisotopic (exact) mass is 851 g/mol. The first-order chi connectivity index (χ1) is 26.9. The highest BCUT2D eigenvalue weighted by atomic mass is 35.5. The average Bonchev–Trinajstić information content (AvgIpc) is 3.97. The molecular weight excluding hydrogens is 794 g/mol. The minimum atomic E-state index is -4.40. The number of hydrogen-bond donors (Lipinski definition) is 1. The maximum atomic E-state index is 14.5. The zero-order valence-corrected chi connectivity index (χ0v) is 36.7. The summed E-state index contributed by atoms with van der Waals surface area (Å²) in [7, 11) is -2.82. The number of methoxy groups -OCH3 is 1. The number of nitrogens with one attached hydrogen (secondary N) is 1. The van der Waals surface area contributed by atoms with Gasteiger partial charge in [-0.2, -0.15) is 8.42 Å². The number of esters is 1. The summed E-state index contributed by atoms with van der Waals surface area (Å²) >= 11 is 4.81. The van der Waals surface area contributed by atoms with E-state index in [1.165, 1.54) is 4.90 Å². The fourth-order valence-electron chi connectivity index (χ4n) is 7.25. The standard InChI is InChI=1S/C37H51N3O10S.C4H7ClO2/c1-9-24-19-37(24,34(44)39-51(45,46)50-36(7)13-14-36)20-30(41)29-17-26(49-32-27-11-10-25(47-8)16-23(27)12-15-38-32)21-40(29)33(43)28(35(4,5)6)18-31(42)48-22(2)3;1-3(2)7-4(5)6/h10-12,15-16,22,24,26,28-29H,9,13-14,17-21H2,1-8H3,(H,39,44);3H,1-2H3/t24-,26-,28-,29+,37-;/m1./s1. The Morgan fingerprint density at radius 3 is 2.21 bits per heavy atom. The second kappa shape index (κ2) is 18.5. The molecule has 1 aliphatic heterocycles. The number of hydrogen-bond acceptors (Lipinski definition) is 13. The highest BCUT2D eigenvalue weighted by Gasteiger charge is 2.62. The molecule has 2 heterocycles. The fourth-order valence-corrected chi connectivity index (χ4v) is 8.59. The summed E-state index contributed by atoms with van der Waals surface area (Å²) in [4.78, 5) is 71.0. The van der Waals surface area contributed by atoms with Crippen LogP contribution in [0.5, 0.6) is 11.6 Å². The van der Waals surface area contributed by atoms with Crippen LogP contribution in [0.1, 0.15) is 107 Å². The van der Waals surface area contributed by atoms with Crippen LogP contribution in [0, 0.1) is 22.7 Å². The molecule has 5 rings (SSSR count). The molecule has 0 radical (unpaired) electrons. The summed E-state index contributed by atoms with van der Waals surface area (Å²) in [5.41, 5.74) is -3.51. The van der Waals surface area contributed by atoms with Crippen LogP contribution in [-0.2, 0) is 43.1 Å². The van der Waals surface area contributed by atoms with Gasteiger partial charge in [0, 0.05) is 36.0 Å². The van der Waals surface area contributed by atoms with Crippen LogP contribution in [0.15, 0.2) is 30.5 Å². The van der Waals surface area contributed by atoms with Crippen LogP contribution in [0.25, 0.3) is 10.8 Å². The van der Waals surface area contributed by atoms with Gasteiger partial charge in [0.15, 0.2) is 5.78 Å². The van der Waals surface area contributed by atoms with Crippen molar-refractivity contribution in [3.05, 3.63) is 30.5 Å². The van der Waals surface area contributed by atoms with E-state index >= 15 is 0 Å². The molecule has 2 aromatic rings. The first-order valence-corrected chi connectivity index (χ1v) is 21.5. The molecule has 0 bridgehead atoms. The smallest absolute Gasteiger partial charge is 0.404 e. The molecular formula is C41H58ClN3O12S. The van der Waals surface area contributed by atoms with E-state index in [2.05, 4.69) is 14.4 Å². The number of nitrogens with zero attached hydrogens (tertiary/aromatic N) is 2. The van der Waals surface area contributed by atoms with Crippen molar-refractivity contribution in [1.82, 2.24) is 14.6 Å². The molecule has 0 spiro atoms. The number of aromatic nitrogens is 1. The minimum absolute atomic E-state index is 0.0342. The number of ether oxygens (including phenoxy) is 4. The Balaban J connectivity index is 0.000000973. The maximum Gasteiger partial charge on any atom is 0.404 e. The van der Waals surface area contributed by atoms with E-state index in [-0.39, 0.29) is 49.7 Å². The molecule has 1 aromatic heterocycles. The lowest BCUT2D eigenvalue weighted by atomic mass is 9.77. The van der Waals surface area contributed by atoms with Gasteiger partial charge in [-0.25, -0.2) is 18.7 Å². The van der Waals surface area contributed by atoms with E-state index in [4.69, 9.17) is 30.0 Å². The molecule has 2 saturated carbocycles. The van der Waals surface area contributed by atoms with Crippen molar-refractivity contribution in [2.24, 2.45) is 22.7 Å². The number of halogens is 1. The van der Waals surface area contributed by atoms with Crippen LogP contribution in [0.2, 0.25) is 0 Å². The predicted octanol–water partition coefficient (Wildman–Crippen LogP) is 6.67. The number of carbonyl (C=O) groups excluding carboxylic acids is 5. The van der Waals surface area contributed by atoms with Gasteiger partial charge >= 0.3 is 21.7 Å². The van der Waals surface area contributed by atoms with Gasteiger partial charge in [-0.3, -0.25) is 19.2 Å². The van der Waals surface area contributed by atoms with Crippen LogP contribution < -0.4 is 14.2 Å². The van der Waals surface area contributed by atoms with Gasteiger partial charge in [0.2, 0.25) is 17.7 Å². The third kappa shape index (κ3) is 12.3. The molecule has 0 unspecified atom stereocenters. The lowest BCUT2D eigenvalue weighted by Crippen LogP contribution is -2.48. The van der Waals surface area contributed by atoms with Gasteiger partial charge in [-0.05, 0) is 94.9 Å². The van der Waals surface area contributed by atoms with Crippen LogP contribution in [0.4, 0.5) is 4.79 Å². The summed E-state index contributed by atoms with van der Waals surface area (Å²) in [6, 6.07) is 6.30. The minimum Gasteiger partial charge on any atom is -0.497 e. The van der Waals surface area contributed by atoms with Gasteiger partial charge in [-0.15, -0.1) is 0 Å². The van der Waals surface area contributed by atoms with Gasteiger partial charge in [0.05, 0.1) is 55.3 Å². The Kier molecular flexibility index (Phi) is 14.9. The summed E-state index contributed by atoms with van der Waals surface area (Å²) in [6.45, 7) is 16.1. The van der Waals surface area contributed by atoms with Gasteiger partial charge in [0.1, 0.15) is 11.9 Å². The second-order valence-electron chi connectivity index (χ2n) is 17.3. The molecule has 322 valence electrons. The summed E-state index contributed by atoms with van der Waals surface area (Å²) in [5.74, 6) is -2.16. The summed E-state index contributed by atoms with van der Waals surface area (Å²) < 4.78 is 54.4. The normalized spacial score (nSPS) is 22.7. The molecule has 58 heavy (non-hydrogen) atoms. The Bertz CT molecular complexity index is 1960. The van der Waals surface area contributed by atoms with E-state index in [0.29, 0.717) is 37.3 Å². The van der Waals surface area contributed by atoms with Crippen molar-refractivity contribution in [3.8, 4) is 11.6 Å². The lowest BCUT2D eigenvalue weighted by molar-refractivity contribution is -0.155. The highest BCUT2D eigenvalue weighted by Crippen LogP contribution is 2.58. The van der Waals surface area contributed by atoms with Gasteiger partial charge in [-0.1, -0.05) is 34.1 Å². The number of carbonyl (C=O) groups is 5.